The molecule has 0 spiro atoms. The van der Waals surface area contributed by atoms with Gasteiger partial charge >= 0.3 is 0 Å². The van der Waals surface area contributed by atoms with Crippen LogP contribution in [0.3, 0.4) is 0 Å². The minimum atomic E-state index is -0.436. The van der Waals surface area contributed by atoms with Gasteiger partial charge < -0.3 is 0 Å². The molecule has 3 aromatic rings. The topological polar surface area (TPSA) is 30.0 Å². The van der Waals surface area contributed by atoms with Gasteiger partial charge in [-0.25, -0.2) is 0 Å². The van der Waals surface area contributed by atoms with Crippen LogP contribution in [0.1, 0.15) is 31.4 Å². The summed E-state index contributed by atoms with van der Waals surface area (Å²) in [5.41, 5.74) is 1.72. The van der Waals surface area contributed by atoms with Crippen LogP contribution >= 0.6 is 0 Å². The van der Waals surface area contributed by atoms with Crippen LogP contribution < -0.4 is 0 Å². The van der Waals surface area contributed by atoms with Crippen molar-refractivity contribution in [1.29, 1.82) is 0 Å². The summed E-state index contributed by atoms with van der Waals surface area (Å²) in [5.74, 6) is 0.264. The Balaban J connectivity index is 1.89. The normalized spacial score (nSPS) is 13.7. The van der Waals surface area contributed by atoms with Crippen LogP contribution in [0.15, 0.2) is 67.0 Å². The zero-order chi connectivity index (χ0) is 16.3. The summed E-state index contributed by atoms with van der Waals surface area (Å²) in [5, 5.41) is 2.23. The van der Waals surface area contributed by atoms with E-state index in [1.165, 1.54) is 0 Å². The lowest BCUT2D eigenvalue weighted by atomic mass is 9.74. The number of aromatic nitrogens is 1. The Kier molecular flexibility index (Phi) is 4.24. The first-order valence-corrected chi connectivity index (χ1v) is 8.05. The third-order valence-electron chi connectivity index (χ3n) is 4.80. The van der Waals surface area contributed by atoms with E-state index in [0.29, 0.717) is 6.42 Å². The first kappa shape index (κ1) is 15.4. The Morgan fingerprint density at radius 1 is 1.04 bits per heavy atom. The van der Waals surface area contributed by atoms with E-state index in [2.05, 4.69) is 24.9 Å². The molecule has 0 amide bonds. The highest BCUT2D eigenvalue weighted by atomic mass is 16.1. The largest absolute Gasteiger partial charge is 0.298 e. The third kappa shape index (κ3) is 3.02. The molecule has 0 saturated heterocycles. The highest BCUT2D eigenvalue weighted by Gasteiger charge is 2.32. The second kappa shape index (κ2) is 6.33. The summed E-state index contributed by atoms with van der Waals surface area (Å²) >= 11 is 0. The summed E-state index contributed by atoms with van der Waals surface area (Å²) in [6, 6.07) is 18.2. The van der Waals surface area contributed by atoms with Crippen LogP contribution in [-0.4, -0.2) is 10.8 Å². The van der Waals surface area contributed by atoms with Crippen LogP contribution in [0, 0.1) is 0 Å². The van der Waals surface area contributed by atoms with Gasteiger partial charge in [-0.1, -0.05) is 55.5 Å². The Labute approximate surface area is 137 Å². The lowest BCUT2D eigenvalue weighted by molar-refractivity contribution is -0.123. The lowest BCUT2D eigenvalue weighted by Gasteiger charge is -2.27. The number of hydrogen-bond acceptors (Lipinski definition) is 2. The number of fused-ring (bicyclic) bond motifs is 1. The predicted octanol–water partition coefficient (Wildman–Crippen LogP) is 4.71. The molecule has 1 unspecified atom stereocenters. The maximum atomic E-state index is 13.0. The van der Waals surface area contributed by atoms with Gasteiger partial charge in [-0.15, -0.1) is 0 Å². The summed E-state index contributed by atoms with van der Waals surface area (Å²) in [4.78, 5) is 17.1. The van der Waals surface area contributed by atoms with Gasteiger partial charge in [0.05, 0.1) is 5.41 Å². The molecule has 0 fully saturated rings. The van der Waals surface area contributed by atoms with E-state index in [0.717, 1.165) is 28.3 Å². The van der Waals surface area contributed by atoms with Crippen molar-refractivity contribution in [2.45, 2.75) is 32.1 Å². The zero-order valence-electron chi connectivity index (χ0n) is 13.6. The maximum absolute atomic E-state index is 13.0. The average Bonchev–Trinajstić information content (AvgIpc) is 2.61. The molecule has 0 radical (unpaired) electrons. The van der Waals surface area contributed by atoms with E-state index in [-0.39, 0.29) is 5.78 Å². The Morgan fingerprint density at radius 2 is 1.83 bits per heavy atom. The molecule has 2 nitrogen and oxygen atoms in total. The molecule has 0 N–H and O–H groups in total. The first-order chi connectivity index (χ1) is 11.1. The van der Waals surface area contributed by atoms with E-state index >= 15 is 0 Å². The standard InChI is InChI=1S/C21H21NO/c1-3-21(2,19-7-5-4-6-8-19)20(23)14-16-9-10-18-15-22-12-11-17(18)13-16/h4-13,15H,3,14H2,1-2H3. The molecule has 2 heteroatoms. The smallest absolute Gasteiger partial charge is 0.147 e. The molecule has 116 valence electrons. The number of nitrogens with zero attached hydrogens (tertiary/aromatic N) is 1. The van der Waals surface area contributed by atoms with Crippen molar-refractivity contribution in [3.8, 4) is 0 Å². The number of Topliss-reactive ketones (excluding diaryl/α,β-unsaturated/α-hetero) is 1. The molecule has 0 aliphatic heterocycles. The van der Waals surface area contributed by atoms with Gasteiger partial charge in [0.1, 0.15) is 5.78 Å². The molecule has 0 aliphatic carbocycles. The fraction of sp³-hybridized carbons (Fsp3) is 0.238. The monoisotopic (exact) mass is 303 g/mol. The lowest BCUT2D eigenvalue weighted by Crippen LogP contribution is -2.33. The van der Waals surface area contributed by atoms with E-state index in [9.17, 15) is 4.79 Å². The number of hydrogen-bond donors (Lipinski definition) is 0. The second-order valence-electron chi connectivity index (χ2n) is 6.21. The van der Waals surface area contributed by atoms with Crippen molar-refractivity contribution < 1.29 is 4.79 Å². The Morgan fingerprint density at radius 3 is 2.57 bits per heavy atom. The highest BCUT2D eigenvalue weighted by molar-refractivity contribution is 5.92. The molecule has 1 heterocycles. The molecule has 0 aliphatic rings. The van der Waals surface area contributed by atoms with E-state index in [4.69, 9.17) is 0 Å². The number of carbonyl (C=O) groups excluding carboxylic acids is 1. The summed E-state index contributed by atoms with van der Waals surface area (Å²) in [6.07, 6.45) is 4.89. The van der Waals surface area contributed by atoms with Gasteiger partial charge in [0.25, 0.3) is 0 Å². The molecule has 0 bridgehead atoms. The summed E-state index contributed by atoms with van der Waals surface area (Å²) in [6.45, 7) is 4.13. The summed E-state index contributed by atoms with van der Waals surface area (Å²) < 4.78 is 0. The molecular weight excluding hydrogens is 282 g/mol. The van der Waals surface area contributed by atoms with E-state index in [1.807, 2.05) is 54.7 Å². The number of ketones is 1. The summed E-state index contributed by atoms with van der Waals surface area (Å²) in [7, 11) is 0. The second-order valence-corrected chi connectivity index (χ2v) is 6.21. The van der Waals surface area contributed by atoms with Crippen LogP contribution in [-0.2, 0) is 16.6 Å². The number of carbonyl (C=O) groups is 1. The molecule has 2 aromatic carbocycles. The van der Waals surface area contributed by atoms with Crippen molar-refractivity contribution in [2.75, 3.05) is 0 Å². The van der Waals surface area contributed by atoms with E-state index in [1.54, 1.807) is 6.20 Å². The van der Waals surface area contributed by atoms with Crippen molar-refractivity contribution in [1.82, 2.24) is 4.98 Å². The van der Waals surface area contributed by atoms with Crippen molar-refractivity contribution in [3.63, 3.8) is 0 Å². The fourth-order valence-electron chi connectivity index (χ4n) is 2.99. The van der Waals surface area contributed by atoms with Crippen LogP contribution in [0.4, 0.5) is 0 Å². The Hall–Kier alpha value is -2.48. The van der Waals surface area contributed by atoms with Crippen LogP contribution in [0.5, 0.6) is 0 Å². The van der Waals surface area contributed by atoms with Gasteiger partial charge in [0, 0.05) is 24.2 Å². The first-order valence-electron chi connectivity index (χ1n) is 8.05. The molecular formula is C21H21NO. The van der Waals surface area contributed by atoms with Gasteiger partial charge in [-0.3, -0.25) is 9.78 Å². The Bertz CT molecular complexity index is 825. The highest BCUT2D eigenvalue weighted by Crippen LogP contribution is 2.30. The van der Waals surface area contributed by atoms with Gasteiger partial charge in [0.2, 0.25) is 0 Å². The molecule has 3 rings (SSSR count). The molecule has 1 aromatic heterocycles. The molecule has 23 heavy (non-hydrogen) atoms. The van der Waals surface area contributed by atoms with Gasteiger partial charge in [-0.2, -0.15) is 0 Å². The number of benzene rings is 2. The molecule has 1 atom stereocenters. The van der Waals surface area contributed by atoms with E-state index < -0.39 is 5.41 Å². The van der Waals surface area contributed by atoms with Crippen molar-refractivity contribution in [2.24, 2.45) is 0 Å². The fourth-order valence-corrected chi connectivity index (χ4v) is 2.99. The zero-order valence-corrected chi connectivity index (χ0v) is 13.6. The number of pyridine rings is 1. The minimum Gasteiger partial charge on any atom is -0.298 e. The predicted molar refractivity (Wildman–Crippen MR) is 94.5 cm³/mol. The average molecular weight is 303 g/mol. The van der Waals surface area contributed by atoms with Crippen molar-refractivity contribution >= 4 is 16.6 Å². The van der Waals surface area contributed by atoms with Gasteiger partial charge in [-0.05, 0) is 35.9 Å². The van der Waals surface area contributed by atoms with Crippen molar-refractivity contribution in [3.05, 3.63) is 78.1 Å². The molecule has 0 saturated carbocycles. The SMILES string of the molecule is CCC(C)(C(=O)Cc1ccc2cnccc2c1)c1ccccc1. The minimum absolute atomic E-state index is 0.264. The van der Waals surface area contributed by atoms with Crippen LogP contribution in [0.25, 0.3) is 10.8 Å². The number of rotatable bonds is 5. The maximum Gasteiger partial charge on any atom is 0.147 e. The third-order valence-corrected chi connectivity index (χ3v) is 4.80. The quantitative estimate of drug-likeness (QED) is 0.683. The van der Waals surface area contributed by atoms with Gasteiger partial charge in [0.15, 0.2) is 0 Å². The van der Waals surface area contributed by atoms with Crippen LogP contribution in [0.2, 0.25) is 0 Å².